The number of unbranched alkanes of at least 4 members (excludes halogenated alkanes) is 1. The summed E-state index contributed by atoms with van der Waals surface area (Å²) >= 11 is 0. The van der Waals surface area contributed by atoms with E-state index >= 15 is 0 Å². The van der Waals surface area contributed by atoms with Crippen molar-refractivity contribution in [2.75, 3.05) is 20.0 Å². The Bertz CT molecular complexity index is 844. The molecule has 0 spiro atoms. The Morgan fingerprint density at radius 1 is 1.11 bits per heavy atom. The molecule has 0 saturated carbocycles. The van der Waals surface area contributed by atoms with Crippen molar-refractivity contribution in [3.8, 4) is 17.3 Å². The molecule has 150 valence electrons. The molecule has 0 bridgehead atoms. The second-order valence-corrected chi connectivity index (χ2v) is 7.43. The van der Waals surface area contributed by atoms with Crippen LogP contribution in [0.3, 0.4) is 0 Å². The molecule has 1 aromatic carbocycles. The van der Waals surface area contributed by atoms with Crippen molar-refractivity contribution in [3.05, 3.63) is 36.0 Å². The summed E-state index contributed by atoms with van der Waals surface area (Å²) in [5, 5.41) is 8.25. The average Bonchev–Trinajstić information content (AvgIpc) is 2.62. The van der Waals surface area contributed by atoms with E-state index in [1.54, 1.807) is 0 Å². The van der Waals surface area contributed by atoms with Gasteiger partial charge < -0.3 is 9.84 Å². The molecule has 0 aliphatic rings. The van der Waals surface area contributed by atoms with Crippen LogP contribution in [0, 0.1) is 0 Å². The number of ether oxygens (including phenoxy) is 1. The number of hydrogen-bond acceptors (Lipinski definition) is 6. The number of sulfone groups is 1. The van der Waals surface area contributed by atoms with Gasteiger partial charge >= 0.3 is 41.7 Å². The van der Waals surface area contributed by atoms with Crippen LogP contribution in [-0.4, -0.2) is 38.4 Å². The summed E-state index contributed by atoms with van der Waals surface area (Å²) in [5.41, 5.74) is -0.772. The fourth-order valence-electron chi connectivity index (χ4n) is 1.96. The molecule has 0 unspecified atom stereocenters. The largest absolute Gasteiger partial charge is 1.00 e. The van der Waals surface area contributed by atoms with Crippen molar-refractivity contribution in [2.24, 2.45) is 0 Å². The van der Waals surface area contributed by atoms with Crippen LogP contribution < -0.4 is 39.4 Å². The summed E-state index contributed by atoms with van der Waals surface area (Å²) in [6.07, 6.45) is -2.11. The van der Waals surface area contributed by atoms with Gasteiger partial charge in [0.2, 0.25) is 0 Å². The summed E-state index contributed by atoms with van der Waals surface area (Å²) in [4.78, 5) is 7.47. The van der Waals surface area contributed by atoms with E-state index in [1.807, 2.05) is 6.92 Å². The Labute approximate surface area is 184 Å². The molecule has 6 nitrogen and oxygen atoms in total. The summed E-state index contributed by atoms with van der Waals surface area (Å²) in [5.74, 6) is 0. The monoisotopic (exact) mass is 428 g/mol. The zero-order chi connectivity index (χ0) is 20.7. The second-order valence-electron chi connectivity index (χ2n) is 5.42. The number of nitrogens with zero attached hydrogens (tertiary/aromatic N) is 2. The van der Waals surface area contributed by atoms with Crippen LogP contribution in [0.4, 0.5) is 13.2 Å². The molecule has 11 heteroatoms. The molecule has 0 saturated heterocycles. The molecule has 1 heterocycles. The summed E-state index contributed by atoms with van der Waals surface area (Å²) < 4.78 is 67.3. The molecule has 0 N–H and O–H groups in total. The van der Waals surface area contributed by atoms with Crippen LogP contribution in [0.25, 0.3) is 11.3 Å². The number of rotatable bonds is 6. The normalized spacial score (nSPS) is 11.1. The van der Waals surface area contributed by atoms with Crippen LogP contribution in [0.2, 0.25) is 0 Å². The number of alkyl halides is 3. The molecule has 0 aliphatic heterocycles. The van der Waals surface area contributed by atoms with Crippen LogP contribution in [0.15, 0.2) is 35.2 Å². The van der Waals surface area contributed by atoms with Crippen molar-refractivity contribution in [1.29, 1.82) is 0 Å². The Hall–Kier alpha value is -1.20. The minimum Gasteiger partial charge on any atom is -0.857 e. The van der Waals surface area contributed by atoms with Gasteiger partial charge in [-0.05, 0) is 24.6 Å². The van der Waals surface area contributed by atoms with E-state index < -0.39 is 21.7 Å². The van der Waals surface area contributed by atoms with Gasteiger partial charge in [0.05, 0.1) is 17.2 Å². The second kappa shape index (κ2) is 11.7. The number of benzene rings is 1. The molecule has 1 aromatic heterocycles. The van der Waals surface area contributed by atoms with Crippen molar-refractivity contribution < 1.29 is 61.0 Å². The van der Waals surface area contributed by atoms with Crippen LogP contribution in [-0.2, 0) is 16.0 Å². The van der Waals surface area contributed by atoms with E-state index in [4.69, 9.17) is 9.84 Å². The maximum absolute atomic E-state index is 13.0. The first-order chi connectivity index (χ1) is 12.6. The zero-order valence-corrected chi connectivity index (χ0v) is 18.9. The fourth-order valence-corrected chi connectivity index (χ4v) is 2.59. The van der Waals surface area contributed by atoms with E-state index in [2.05, 4.69) is 9.97 Å². The number of aromatic nitrogens is 2. The maximum Gasteiger partial charge on any atom is 1.00 e. The third-order valence-electron chi connectivity index (χ3n) is 3.30. The fraction of sp³-hybridized carbons (Fsp3) is 0.412. The summed E-state index contributed by atoms with van der Waals surface area (Å²) in [7, 11) is -2.64. The van der Waals surface area contributed by atoms with Gasteiger partial charge in [-0.3, -0.25) is 0 Å². The van der Waals surface area contributed by atoms with Gasteiger partial charge in [-0.2, -0.15) is 30.2 Å². The van der Waals surface area contributed by atoms with Crippen LogP contribution in [0.5, 0.6) is 6.01 Å². The van der Waals surface area contributed by atoms with E-state index in [9.17, 15) is 21.6 Å². The molecular weight excluding hydrogens is 408 g/mol. The summed E-state index contributed by atoms with van der Waals surface area (Å²) in [6.45, 7) is 2.13. The van der Waals surface area contributed by atoms with E-state index in [0.29, 0.717) is 12.0 Å². The third-order valence-corrected chi connectivity index (χ3v) is 4.43. The van der Waals surface area contributed by atoms with Gasteiger partial charge in [0.25, 0.3) is 0 Å². The Kier molecular flexibility index (Phi) is 11.2. The molecule has 2 rings (SSSR count). The van der Waals surface area contributed by atoms with Crippen LogP contribution >= 0.6 is 0 Å². The molecule has 0 aliphatic carbocycles. The van der Waals surface area contributed by atoms with Crippen molar-refractivity contribution in [3.63, 3.8) is 0 Å². The van der Waals surface area contributed by atoms with Gasteiger partial charge in [0.15, 0.2) is 15.5 Å². The van der Waals surface area contributed by atoms with Gasteiger partial charge in [-0.15, -0.1) is 0 Å². The van der Waals surface area contributed by atoms with Gasteiger partial charge in [0, 0.05) is 11.8 Å². The smallest absolute Gasteiger partial charge is 0.857 e. The van der Waals surface area contributed by atoms with Crippen LogP contribution in [0.1, 0.15) is 25.5 Å². The Morgan fingerprint density at radius 3 is 2.14 bits per heavy atom. The molecule has 0 fully saturated rings. The zero-order valence-electron chi connectivity index (χ0n) is 16.1. The van der Waals surface area contributed by atoms with Crippen molar-refractivity contribution >= 4 is 9.84 Å². The van der Waals surface area contributed by atoms with Gasteiger partial charge in [-0.1, -0.05) is 25.5 Å². The molecule has 0 radical (unpaired) electrons. The molecular formula is C17H20F3N2NaO4S. The maximum atomic E-state index is 13.0. The first-order valence-electron chi connectivity index (χ1n) is 7.91. The molecule has 0 amide bonds. The Morgan fingerprint density at radius 2 is 1.68 bits per heavy atom. The SMILES string of the molecule is CCCCOc1nc(-c2ccc(S(C)(=O)=O)cc2)cc(C(F)(F)F)n1.C[O-].[Na+]. The topological polar surface area (TPSA) is 92.2 Å². The molecule has 0 atom stereocenters. The summed E-state index contributed by atoms with van der Waals surface area (Å²) in [6, 6.07) is 5.88. The van der Waals surface area contributed by atoms with Gasteiger partial charge in [-0.25, -0.2) is 8.42 Å². The van der Waals surface area contributed by atoms with Crippen molar-refractivity contribution in [1.82, 2.24) is 9.97 Å². The number of hydrogen-bond donors (Lipinski definition) is 0. The minimum absolute atomic E-state index is 0. The van der Waals surface area contributed by atoms with Gasteiger partial charge in [0.1, 0.15) is 0 Å². The Balaban J connectivity index is 0.00000235. The minimum atomic E-state index is -4.65. The first-order valence-corrected chi connectivity index (χ1v) is 9.81. The third kappa shape index (κ3) is 8.04. The quantitative estimate of drug-likeness (QED) is 0.465. The molecule has 2 aromatic rings. The van der Waals surface area contributed by atoms with E-state index in [0.717, 1.165) is 25.9 Å². The predicted octanol–water partition coefficient (Wildman–Crippen LogP) is -0.275. The standard InChI is InChI=1S/C16H17F3N2O3S.CH3O.Na/c1-3-4-9-24-15-20-13(10-14(21-15)16(17,18)19)11-5-7-12(8-6-11)25(2,22)23;1-2;/h5-8,10H,3-4,9H2,1-2H3;1H3;/q;-1;+1. The van der Waals surface area contributed by atoms with E-state index in [1.165, 1.54) is 24.3 Å². The molecule has 28 heavy (non-hydrogen) atoms. The average molecular weight is 428 g/mol. The predicted molar refractivity (Wildman–Crippen MR) is 91.9 cm³/mol. The number of halogens is 3. The van der Waals surface area contributed by atoms with Crippen molar-refractivity contribution in [2.45, 2.75) is 30.8 Å². The van der Waals surface area contributed by atoms with E-state index in [-0.39, 0.29) is 52.8 Å². The first kappa shape index (κ1) is 26.8.